The summed E-state index contributed by atoms with van der Waals surface area (Å²) < 4.78 is 5.99. The van der Waals surface area contributed by atoms with Crippen molar-refractivity contribution >= 4 is 27.8 Å². The summed E-state index contributed by atoms with van der Waals surface area (Å²) in [4.78, 5) is 13.3. The van der Waals surface area contributed by atoms with Crippen LogP contribution < -0.4 is 5.73 Å². The lowest BCUT2D eigenvalue weighted by Gasteiger charge is -2.24. The average molecular weight is 362 g/mol. The van der Waals surface area contributed by atoms with Crippen LogP contribution in [0.5, 0.6) is 0 Å². The van der Waals surface area contributed by atoms with Crippen LogP contribution in [0.1, 0.15) is 24.4 Å². The highest BCUT2D eigenvalue weighted by molar-refractivity contribution is 5.94. The standard InChI is InChI=1S/C21H22N4O2/c1-25(2)17(9-10-20(22)26)13-7-8-16-15(11-13)21(24-23-16)19-12-14-5-3-4-6-18(14)27-19/h3-8,11-12,17H,9-10H2,1-2H3,(H2,22,26)(H,23,24). The third-order valence-corrected chi connectivity index (χ3v) is 4.92. The van der Waals surface area contributed by atoms with Gasteiger partial charge in [0.2, 0.25) is 5.91 Å². The number of hydrogen-bond donors (Lipinski definition) is 2. The van der Waals surface area contributed by atoms with Crippen molar-refractivity contribution < 1.29 is 9.21 Å². The van der Waals surface area contributed by atoms with Gasteiger partial charge in [0.15, 0.2) is 5.76 Å². The van der Waals surface area contributed by atoms with Gasteiger partial charge in [0.25, 0.3) is 0 Å². The van der Waals surface area contributed by atoms with E-state index in [4.69, 9.17) is 10.2 Å². The Hall–Kier alpha value is -3.12. The Kier molecular flexibility index (Phi) is 4.41. The van der Waals surface area contributed by atoms with Gasteiger partial charge in [-0.3, -0.25) is 9.89 Å². The Morgan fingerprint density at radius 2 is 2.04 bits per heavy atom. The summed E-state index contributed by atoms with van der Waals surface area (Å²) in [6.07, 6.45) is 1.02. The van der Waals surface area contributed by atoms with Gasteiger partial charge in [0.05, 0.1) is 5.52 Å². The topological polar surface area (TPSA) is 88.1 Å². The molecule has 4 rings (SSSR count). The van der Waals surface area contributed by atoms with Gasteiger partial charge in [-0.1, -0.05) is 24.3 Å². The average Bonchev–Trinajstić information content (AvgIpc) is 3.24. The lowest BCUT2D eigenvalue weighted by molar-refractivity contribution is -0.118. The van der Waals surface area contributed by atoms with Crippen LogP contribution in [-0.2, 0) is 4.79 Å². The van der Waals surface area contributed by atoms with Crippen molar-refractivity contribution in [3.05, 3.63) is 54.1 Å². The molecule has 1 amide bonds. The zero-order valence-electron chi connectivity index (χ0n) is 15.4. The van der Waals surface area contributed by atoms with Crippen molar-refractivity contribution in [1.29, 1.82) is 0 Å². The zero-order chi connectivity index (χ0) is 19.0. The van der Waals surface area contributed by atoms with Crippen molar-refractivity contribution in [2.75, 3.05) is 14.1 Å². The molecular weight excluding hydrogens is 340 g/mol. The maximum atomic E-state index is 11.2. The molecule has 4 aromatic rings. The van der Waals surface area contributed by atoms with Crippen LogP contribution in [0.2, 0.25) is 0 Å². The van der Waals surface area contributed by atoms with Crippen LogP contribution in [0.25, 0.3) is 33.3 Å². The fourth-order valence-electron chi connectivity index (χ4n) is 3.53. The molecule has 0 radical (unpaired) electrons. The van der Waals surface area contributed by atoms with Crippen molar-refractivity contribution in [2.24, 2.45) is 5.73 Å². The first-order valence-corrected chi connectivity index (χ1v) is 8.94. The number of aromatic amines is 1. The fraction of sp³-hybridized carbons (Fsp3) is 0.238. The van der Waals surface area contributed by atoms with E-state index in [-0.39, 0.29) is 11.9 Å². The number of nitrogens with one attached hydrogen (secondary N) is 1. The summed E-state index contributed by atoms with van der Waals surface area (Å²) in [7, 11) is 4.01. The lowest BCUT2D eigenvalue weighted by atomic mass is 9.98. The molecule has 2 aromatic heterocycles. The number of nitrogens with two attached hydrogens (primary N) is 1. The number of hydrogen-bond acceptors (Lipinski definition) is 4. The first-order valence-electron chi connectivity index (χ1n) is 8.94. The van der Waals surface area contributed by atoms with E-state index in [9.17, 15) is 4.79 Å². The first kappa shape index (κ1) is 17.3. The Bertz CT molecular complexity index is 1080. The maximum absolute atomic E-state index is 11.2. The molecule has 0 aliphatic rings. The largest absolute Gasteiger partial charge is 0.454 e. The molecule has 3 N–H and O–H groups in total. The van der Waals surface area contributed by atoms with Gasteiger partial charge < -0.3 is 15.1 Å². The van der Waals surface area contributed by atoms with E-state index in [1.807, 2.05) is 50.5 Å². The molecule has 1 atom stereocenters. The van der Waals surface area contributed by atoms with Crippen LogP contribution in [0.3, 0.4) is 0 Å². The molecule has 138 valence electrons. The number of rotatable bonds is 6. The first-order chi connectivity index (χ1) is 13.0. The lowest BCUT2D eigenvalue weighted by Crippen LogP contribution is -2.22. The molecule has 0 aliphatic heterocycles. The Labute approximate surface area is 156 Å². The third-order valence-electron chi connectivity index (χ3n) is 4.92. The van der Waals surface area contributed by atoms with Crippen LogP contribution >= 0.6 is 0 Å². The molecule has 0 aliphatic carbocycles. The zero-order valence-corrected chi connectivity index (χ0v) is 15.4. The number of fused-ring (bicyclic) bond motifs is 2. The normalized spacial score (nSPS) is 12.9. The van der Waals surface area contributed by atoms with E-state index in [0.717, 1.165) is 38.9 Å². The number of para-hydroxylation sites is 1. The number of carbonyl (C=O) groups is 1. The van der Waals surface area contributed by atoms with Crippen molar-refractivity contribution in [3.8, 4) is 11.5 Å². The highest BCUT2D eigenvalue weighted by Gasteiger charge is 2.18. The van der Waals surface area contributed by atoms with E-state index >= 15 is 0 Å². The quantitative estimate of drug-likeness (QED) is 0.545. The molecule has 6 heteroatoms. The van der Waals surface area contributed by atoms with E-state index in [1.165, 1.54) is 0 Å². The maximum Gasteiger partial charge on any atom is 0.217 e. The summed E-state index contributed by atoms with van der Waals surface area (Å²) in [5.41, 5.74) is 9.04. The Morgan fingerprint density at radius 3 is 2.78 bits per heavy atom. The minimum atomic E-state index is -0.283. The molecule has 2 aromatic carbocycles. The molecular formula is C21H22N4O2. The number of primary amides is 1. The van der Waals surface area contributed by atoms with Crippen molar-refractivity contribution in [3.63, 3.8) is 0 Å². The molecule has 6 nitrogen and oxygen atoms in total. The predicted molar refractivity (Wildman–Crippen MR) is 106 cm³/mol. The molecule has 0 saturated heterocycles. The molecule has 0 saturated carbocycles. The summed E-state index contributed by atoms with van der Waals surface area (Å²) in [6.45, 7) is 0. The van der Waals surface area contributed by atoms with Crippen LogP contribution in [-0.4, -0.2) is 35.1 Å². The highest BCUT2D eigenvalue weighted by atomic mass is 16.3. The van der Waals surface area contributed by atoms with Crippen molar-refractivity contribution in [2.45, 2.75) is 18.9 Å². The second-order valence-electron chi connectivity index (χ2n) is 7.01. The summed E-state index contributed by atoms with van der Waals surface area (Å²) in [6, 6.07) is 16.2. The molecule has 1 unspecified atom stereocenters. The van der Waals surface area contributed by atoms with E-state index in [2.05, 4.69) is 27.2 Å². The van der Waals surface area contributed by atoms with E-state index < -0.39 is 0 Å². The highest BCUT2D eigenvalue weighted by Crippen LogP contribution is 2.33. The van der Waals surface area contributed by atoms with Gasteiger partial charge in [-0.25, -0.2) is 0 Å². The van der Waals surface area contributed by atoms with Gasteiger partial charge in [0.1, 0.15) is 11.3 Å². The molecule has 27 heavy (non-hydrogen) atoms. The number of carbonyl (C=O) groups excluding carboxylic acids is 1. The van der Waals surface area contributed by atoms with Crippen LogP contribution in [0.15, 0.2) is 52.9 Å². The van der Waals surface area contributed by atoms with Crippen molar-refractivity contribution in [1.82, 2.24) is 15.1 Å². The molecule has 2 heterocycles. The number of aromatic nitrogens is 2. The number of H-pyrrole nitrogens is 1. The molecule has 0 fully saturated rings. The predicted octanol–water partition coefficient (Wildman–Crippen LogP) is 3.84. The minimum absolute atomic E-state index is 0.0975. The fourth-order valence-corrected chi connectivity index (χ4v) is 3.53. The van der Waals surface area contributed by atoms with Crippen LogP contribution in [0, 0.1) is 0 Å². The number of amides is 1. The summed E-state index contributed by atoms with van der Waals surface area (Å²) >= 11 is 0. The minimum Gasteiger partial charge on any atom is -0.454 e. The van der Waals surface area contributed by atoms with Gasteiger partial charge in [0, 0.05) is 23.2 Å². The molecule has 0 bridgehead atoms. The van der Waals surface area contributed by atoms with Gasteiger partial charge in [-0.05, 0) is 50.3 Å². The summed E-state index contributed by atoms with van der Waals surface area (Å²) in [5, 5.41) is 9.60. The van der Waals surface area contributed by atoms with Gasteiger partial charge in [-0.15, -0.1) is 0 Å². The van der Waals surface area contributed by atoms with Crippen LogP contribution in [0.4, 0.5) is 0 Å². The monoisotopic (exact) mass is 362 g/mol. The second-order valence-corrected chi connectivity index (χ2v) is 7.01. The number of benzene rings is 2. The van der Waals surface area contributed by atoms with Gasteiger partial charge >= 0.3 is 0 Å². The number of furan rings is 1. The summed E-state index contributed by atoms with van der Waals surface area (Å²) in [5.74, 6) is 0.451. The second kappa shape index (κ2) is 6.89. The number of nitrogens with zero attached hydrogens (tertiary/aromatic N) is 2. The Morgan fingerprint density at radius 1 is 1.22 bits per heavy atom. The SMILES string of the molecule is CN(C)C(CCC(N)=O)c1ccc2[nH]nc(-c3cc4ccccc4o3)c2c1. The Balaban J connectivity index is 1.77. The third kappa shape index (κ3) is 3.31. The van der Waals surface area contributed by atoms with E-state index in [0.29, 0.717) is 12.8 Å². The van der Waals surface area contributed by atoms with E-state index in [1.54, 1.807) is 0 Å². The van der Waals surface area contributed by atoms with Gasteiger partial charge in [-0.2, -0.15) is 5.10 Å². The molecule has 0 spiro atoms. The smallest absolute Gasteiger partial charge is 0.217 e.